The number of hydrogen-bond donors (Lipinski definition) is 1. The van der Waals surface area contributed by atoms with E-state index in [4.69, 9.17) is 0 Å². The zero-order valence-corrected chi connectivity index (χ0v) is 14.5. The summed E-state index contributed by atoms with van der Waals surface area (Å²) >= 11 is 0. The van der Waals surface area contributed by atoms with Crippen molar-refractivity contribution >= 4 is 17.3 Å². The van der Waals surface area contributed by atoms with E-state index in [9.17, 15) is 14.9 Å². The molecule has 2 aliphatic heterocycles. The number of benzene rings is 1. The van der Waals surface area contributed by atoms with E-state index < -0.39 is 4.92 Å². The lowest BCUT2D eigenvalue weighted by atomic mass is 10.1. The van der Waals surface area contributed by atoms with Crippen molar-refractivity contribution < 1.29 is 9.72 Å². The fraction of sp³-hybridized carbons (Fsp3) is 0.471. The number of carbonyl (C=O) groups excluding carboxylic acids is 1. The molecule has 9 heteroatoms. The van der Waals surface area contributed by atoms with Gasteiger partial charge in [0, 0.05) is 12.6 Å². The average Bonchev–Trinajstić information content (AvgIpc) is 3.25. The van der Waals surface area contributed by atoms with Crippen molar-refractivity contribution in [1.82, 2.24) is 20.3 Å². The predicted octanol–water partition coefficient (Wildman–Crippen LogP) is 1.62. The van der Waals surface area contributed by atoms with Gasteiger partial charge in [0.15, 0.2) is 5.69 Å². The number of aromatic nitrogens is 3. The van der Waals surface area contributed by atoms with Gasteiger partial charge >= 0.3 is 0 Å². The second kappa shape index (κ2) is 6.49. The molecule has 1 aromatic carbocycles. The summed E-state index contributed by atoms with van der Waals surface area (Å²) in [6.45, 7) is 4.13. The predicted molar refractivity (Wildman–Crippen MR) is 94.4 cm³/mol. The summed E-state index contributed by atoms with van der Waals surface area (Å²) in [7, 11) is 0. The first-order valence-electron chi connectivity index (χ1n) is 8.78. The van der Waals surface area contributed by atoms with E-state index in [-0.39, 0.29) is 17.6 Å². The summed E-state index contributed by atoms with van der Waals surface area (Å²) < 4.78 is 1.85. The van der Waals surface area contributed by atoms with Gasteiger partial charge < -0.3 is 10.2 Å². The lowest BCUT2D eigenvalue weighted by Gasteiger charge is -2.23. The van der Waals surface area contributed by atoms with Crippen molar-refractivity contribution in [3.05, 3.63) is 45.3 Å². The minimum atomic E-state index is -0.397. The number of fused-ring (bicyclic) bond motifs is 1. The molecule has 26 heavy (non-hydrogen) atoms. The molecule has 0 unspecified atom stereocenters. The molecule has 1 aromatic heterocycles. The van der Waals surface area contributed by atoms with Crippen LogP contribution in [0, 0.1) is 17.0 Å². The Bertz CT molecular complexity index is 871. The molecule has 0 radical (unpaired) electrons. The highest BCUT2D eigenvalue weighted by Gasteiger charge is 2.33. The molecule has 1 fully saturated rings. The van der Waals surface area contributed by atoms with Crippen molar-refractivity contribution in [2.24, 2.45) is 0 Å². The summed E-state index contributed by atoms with van der Waals surface area (Å²) in [6, 6.07) is 5.09. The highest BCUT2D eigenvalue weighted by molar-refractivity contribution is 6.07. The van der Waals surface area contributed by atoms with E-state index in [2.05, 4.69) is 15.6 Å². The van der Waals surface area contributed by atoms with Gasteiger partial charge in [-0.1, -0.05) is 11.3 Å². The molecule has 1 saturated heterocycles. The number of rotatable bonds is 3. The largest absolute Gasteiger partial charge is 0.317 e. The Morgan fingerprint density at radius 1 is 1.35 bits per heavy atom. The van der Waals surface area contributed by atoms with Crippen molar-refractivity contribution in [1.29, 1.82) is 0 Å². The number of hydrogen-bond acceptors (Lipinski definition) is 6. The molecule has 3 heterocycles. The van der Waals surface area contributed by atoms with E-state index >= 15 is 0 Å². The number of amides is 1. The van der Waals surface area contributed by atoms with Gasteiger partial charge in [0.05, 0.1) is 27.9 Å². The van der Waals surface area contributed by atoms with E-state index in [0.29, 0.717) is 29.9 Å². The maximum Gasteiger partial charge on any atom is 0.280 e. The molecular weight excluding hydrogens is 336 g/mol. The molecule has 0 atom stereocenters. The van der Waals surface area contributed by atoms with Gasteiger partial charge in [-0.2, -0.15) is 0 Å². The van der Waals surface area contributed by atoms with Crippen LogP contribution in [0.2, 0.25) is 0 Å². The third-order valence-electron chi connectivity index (χ3n) is 5.23. The smallest absolute Gasteiger partial charge is 0.280 e. The summed E-state index contributed by atoms with van der Waals surface area (Å²) in [4.78, 5) is 25.4. The Kier molecular flexibility index (Phi) is 4.15. The van der Waals surface area contributed by atoms with Crippen LogP contribution in [0.15, 0.2) is 18.2 Å². The standard InChI is InChI=1S/C17H20N6O3/c1-11-16(19-20-22(11)12-5-8-18-9-6-12)17(24)21-10-7-13-14(21)3-2-4-15(13)23(25)26/h2-4,12,18H,5-10H2,1H3. The van der Waals surface area contributed by atoms with Gasteiger partial charge in [-0.15, -0.1) is 5.10 Å². The fourth-order valence-electron chi connectivity index (χ4n) is 3.86. The van der Waals surface area contributed by atoms with Crippen LogP contribution in [-0.2, 0) is 6.42 Å². The van der Waals surface area contributed by atoms with Crippen LogP contribution in [0.25, 0.3) is 0 Å². The Hall–Kier alpha value is -2.81. The lowest BCUT2D eigenvalue weighted by molar-refractivity contribution is -0.385. The Morgan fingerprint density at radius 2 is 2.12 bits per heavy atom. The summed E-state index contributed by atoms with van der Waals surface area (Å²) in [5.74, 6) is -0.248. The van der Waals surface area contributed by atoms with Crippen molar-refractivity contribution in [3.63, 3.8) is 0 Å². The molecule has 1 N–H and O–H groups in total. The monoisotopic (exact) mass is 356 g/mol. The topological polar surface area (TPSA) is 106 Å². The zero-order chi connectivity index (χ0) is 18.3. The highest BCUT2D eigenvalue weighted by atomic mass is 16.6. The molecule has 2 aliphatic rings. The third kappa shape index (κ3) is 2.64. The second-order valence-electron chi connectivity index (χ2n) is 6.69. The number of nitrogens with one attached hydrogen (secondary N) is 1. The maximum atomic E-state index is 13.0. The first-order valence-corrected chi connectivity index (χ1v) is 8.78. The fourth-order valence-corrected chi connectivity index (χ4v) is 3.86. The van der Waals surface area contributed by atoms with Gasteiger partial charge in [0.25, 0.3) is 11.6 Å². The van der Waals surface area contributed by atoms with Gasteiger partial charge in [-0.3, -0.25) is 14.9 Å². The minimum absolute atomic E-state index is 0.0629. The molecule has 0 bridgehead atoms. The Balaban J connectivity index is 1.64. The van der Waals surface area contributed by atoms with Crippen LogP contribution in [-0.4, -0.2) is 45.5 Å². The van der Waals surface area contributed by atoms with Gasteiger partial charge in [0.1, 0.15) is 0 Å². The Labute approximate surface area is 150 Å². The van der Waals surface area contributed by atoms with E-state index in [0.717, 1.165) is 31.6 Å². The maximum absolute atomic E-state index is 13.0. The van der Waals surface area contributed by atoms with Crippen LogP contribution < -0.4 is 10.2 Å². The van der Waals surface area contributed by atoms with Gasteiger partial charge in [-0.25, -0.2) is 4.68 Å². The van der Waals surface area contributed by atoms with Crippen LogP contribution in [0.4, 0.5) is 11.4 Å². The molecule has 9 nitrogen and oxygen atoms in total. The average molecular weight is 356 g/mol. The number of carbonyl (C=O) groups is 1. The number of nitro benzene ring substituents is 1. The zero-order valence-electron chi connectivity index (χ0n) is 14.5. The van der Waals surface area contributed by atoms with E-state index in [1.807, 2.05) is 11.6 Å². The first kappa shape index (κ1) is 16.6. The lowest BCUT2D eigenvalue weighted by Crippen LogP contribution is -2.31. The SMILES string of the molecule is Cc1c(C(=O)N2CCc3c2cccc3[N+](=O)[O-])nnn1C1CCNCC1. The van der Waals surface area contributed by atoms with Crippen LogP contribution in [0.3, 0.4) is 0 Å². The quantitative estimate of drug-likeness (QED) is 0.662. The summed E-state index contributed by atoms with van der Waals surface area (Å²) in [6.07, 6.45) is 2.38. The second-order valence-corrected chi connectivity index (χ2v) is 6.69. The van der Waals surface area contributed by atoms with Crippen LogP contribution in [0.1, 0.15) is 40.6 Å². The molecule has 0 spiro atoms. The number of anilines is 1. The van der Waals surface area contributed by atoms with E-state index in [1.165, 1.54) is 6.07 Å². The molecule has 1 amide bonds. The first-order chi connectivity index (χ1) is 12.6. The molecule has 0 saturated carbocycles. The van der Waals surface area contributed by atoms with Gasteiger partial charge in [-0.05, 0) is 45.3 Å². The molecule has 2 aromatic rings. The van der Waals surface area contributed by atoms with Crippen molar-refractivity contribution in [2.45, 2.75) is 32.2 Å². The Morgan fingerprint density at radius 3 is 2.85 bits per heavy atom. The normalized spacial score (nSPS) is 17.3. The van der Waals surface area contributed by atoms with E-state index in [1.54, 1.807) is 17.0 Å². The molecule has 136 valence electrons. The van der Waals surface area contributed by atoms with Gasteiger partial charge in [0.2, 0.25) is 0 Å². The third-order valence-corrected chi connectivity index (χ3v) is 5.23. The van der Waals surface area contributed by atoms with Crippen LogP contribution in [0.5, 0.6) is 0 Å². The van der Waals surface area contributed by atoms with Crippen molar-refractivity contribution in [3.8, 4) is 0 Å². The number of nitrogens with zero attached hydrogens (tertiary/aromatic N) is 5. The van der Waals surface area contributed by atoms with Crippen LogP contribution >= 0.6 is 0 Å². The number of piperidine rings is 1. The molecular formula is C17H20N6O3. The molecule has 4 rings (SSSR count). The minimum Gasteiger partial charge on any atom is -0.317 e. The highest BCUT2D eigenvalue weighted by Crippen LogP contribution is 2.35. The molecule has 0 aliphatic carbocycles. The summed E-state index contributed by atoms with van der Waals surface area (Å²) in [5.41, 5.74) is 2.34. The number of nitro groups is 1. The summed E-state index contributed by atoms with van der Waals surface area (Å²) in [5, 5.41) is 22.9. The van der Waals surface area contributed by atoms with Crippen molar-refractivity contribution in [2.75, 3.05) is 24.5 Å².